The van der Waals surface area contributed by atoms with Gasteiger partial charge in [0.2, 0.25) is 0 Å². The number of nitrogens with zero attached hydrogens (tertiary/aromatic N) is 2. The third-order valence-electron chi connectivity index (χ3n) is 2.11. The predicted octanol–water partition coefficient (Wildman–Crippen LogP) is 1.78. The van der Waals surface area contributed by atoms with Gasteiger partial charge in [-0.25, -0.2) is 0 Å². The predicted molar refractivity (Wildman–Crippen MR) is 65.8 cm³/mol. The highest BCUT2D eigenvalue weighted by Gasteiger charge is 2.19. The van der Waals surface area contributed by atoms with Gasteiger partial charge < -0.3 is 10.0 Å². The normalized spacial score (nSPS) is 10.0. The van der Waals surface area contributed by atoms with Gasteiger partial charge in [-0.15, -0.1) is 0 Å². The second-order valence-corrected chi connectivity index (χ2v) is 4.33. The molecule has 0 aliphatic carbocycles. The molecule has 0 atom stereocenters. The molecule has 0 saturated heterocycles. The molecule has 0 bridgehead atoms. The van der Waals surface area contributed by atoms with Crippen LogP contribution in [-0.4, -0.2) is 40.0 Å². The Hall–Kier alpha value is -1.43. The summed E-state index contributed by atoms with van der Waals surface area (Å²) in [5, 5.41) is 8.76. The molecule has 1 aromatic heterocycles. The summed E-state index contributed by atoms with van der Waals surface area (Å²) < 4.78 is 0.566. The van der Waals surface area contributed by atoms with E-state index in [4.69, 9.17) is 5.11 Å². The Morgan fingerprint density at radius 3 is 2.76 bits per heavy atom. The molecule has 6 heteroatoms. The summed E-state index contributed by atoms with van der Waals surface area (Å²) in [5.41, 5.74) is 0.426. The van der Waals surface area contributed by atoms with Crippen LogP contribution in [0.1, 0.15) is 23.7 Å². The molecular formula is C11H13BrN2O3. The van der Waals surface area contributed by atoms with Crippen LogP contribution in [0.25, 0.3) is 0 Å². The van der Waals surface area contributed by atoms with Crippen molar-refractivity contribution < 1.29 is 14.7 Å². The van der Waals surface area contributed by atoms with Gasteiger partial charge in [0.1, 0.15) is 6.54 Å². The van der Waals surface area contributed by atoms with E-state index in [2.05, 4.69) is 20.9 Å². The highest BCUT2D eigenvalue weighted by Crippen LogP contribution is 2.16. The van der Waals surface area contributed by atoms with E-state index in [1.54, 1.807) is 6.07 Å². The van der Waals surface area contributed by atoms with E-state index in [9.17, 15) is 9.59 Å². The third kappa shape index (κ3) is 3.81. The van der Waals surface area contributed by atoms with Crippen molar-refractivity contribution in [1.82, 2.24) is 9.88 Å². The maximum atomic E-state index is 12.1. The van der Waals surface area contributed by atoms with Gasteiger partial charge in [-0.3, -0.25) is 14.6 Å². The first-order chi connectivity index (χ1) is 8.06. The number of rotatable bonds is 5. The zero-order chi connectivity index (χ0) is 12.8. The van der Waals surface area contributed by atoms with Crippen LogP contribution < -0.4 is 0 Å². The first-order valence-corrected chi connectivity index (χ1v) is 5.96. The minimum atomic E-state index is -1.02. The Balaban J connectivity index is 2.91. The summed E-state index contributed by atoms with van der Waals surface area (Å²) in [7, 11) is 0. The topological polar surface area (TPSA) is 70.5 Å². The van der Waals surface area contributed by atoms with Crippen LogP contribution >= 0.6 is 15.9 Å². The standard InChI is InChI=1S/C11H13BrN2O3/c1-2-5-14(7-10(15)16)11(17)8-3-4-13-6-9(8)12/h3-4,6H,2,5,7H2,1H3,(H,15,16). The van der Waals surface area contributed by atoms with Crippen LogP contribution in [0.15, 0.2) is 22.9 Å². The lowest BCUT2D eigenvalue weighted by Crippen LogP contribution is -2.36. The maximum Gasteiger partial charge on any atom is 0.323 e. The van der Waals surface area contributed by atoms with Crippen LogP contribution in [0, 0.1) is 0 Å². The highest BCUT2D eigenvalue weighted by atomic mass is 79.9. The van der Waals surface area contributed by atoms with Gasteiger partial charge in [0.05, 0.1) is 5.56 Å². The Morgan fingerprint density at radius 2 is 2.24 bits per heavy atom. The number of halogens is 1. The average molecular weight is 301 g/mol. The van der Waals surface area contributed by atoms with Crippen molar-refractivity contribution in [2.75, 3.05) is 13.1 Å². The molecule has 0 radical (unpaired) electrons. The van der Waals surface area contributed by atoms with Gasteiger partial charge in [-0.05, 0) is 28.4 Å². The van der Waals surface area contributed by atoms with E-state index in [1.165, 1.54) is 17.3 Å². The lowest BCUT2D eigenvalue weighted by molar-refractivity contribution is -0.137. The number of carboxylic acid groups (broad SMARTS) is 1. The van der Waals surface area contributed by atoms with Gasteiger partial charge >= 0.3 is 5.97 Å². The van der Waals surface area contributed by atoms with Crippen molar-refractivity contribution >= 4 is 27.8 Å². The van der Waals surface area contributed by atoms with Crippen molar-refractivity contribution in [1.29, 1.82) is 0 Å². The average Bonchev–Trinajstić information content (AvgIpc) is 2.28. The largest absolute Gasteiger partial charge is 0.480 e. The number of carbonyl (C=O) groups excluding carboxylic acids is 1. The molecule has 0 aliphatic rings. The van der Waals surface area contributed by atoms with Crippen molar-refractivity contribution in [2.45, 2.75) is 13.3 Å². The van der Waals surface area contributed by atoms with Gasteiger partial charge in [0.15, 0.2) is 0 Å². The zero-order valence-corrected chi connectivity index (χ0v) is 11.0. The SMILES string of the molecule is CCCN(CC(=O)O)C(=O)c1ccncc1Br. The lowest BCUT2D eigenvalue weighted by atomic mass is 10.2. The molecule has 1 N–H and O–H groups in total. The minimum Gasteiger partial charge on any atom is -0.480 e. The lowest BCUT2D eigenvalue weighted by Gasteiger charge is -2.20. The molecule has 1 heterocycles. The molecule has 0 fully saturated rings. The van der Waals surface area contributed by atoms with Crippen molar-refractivity contribution in [3.8, 4) is 0 Å². The smallest absolute Gasteiger partial charge is 0.323 e. The monoisotopic (exact) mass is 300 g/mol. The number of hydrogen-bond acceptors (Lipinski definition) is 3. The number of aromatic nitrogens is 1. The van der Waals surface area contributed by atoms with Crippen LogP contribution in [0.4, 0.5) is 0 Å². The molecule has 0 saturated carbocycles. The Labute approximate surface area is 108 Å². The van der Waals surface area contributed by atoms with E-state index < -0.39 is 5.97 Å². The fourth-order valence-electron chi connectivity index (χ4n) is 1.40. The number of carbonyl (C=O) groups is 2. The van der Waals surface area contributed by atoms with E-state index in [1.807, 2.05) is 6.92 Å². The quantitative estimate of drug-likeness (QED) is 0.900. The molecule has 1 aromatic rings. The van der Waals surface area contributed by atoms with Crippen molar-refractivity contribution in [3.63, 3.8) is 0 Å². The summed E-state index contributed by atoms with van der Waals surface area (Å²) >= 11 is 3.23. The van der Waals surface area contributed by atoms with E-state index in [-0.39, 0.29) is 12.5 Å². The minimum absolute atomic E-state index is 0.290. The number of carboxylic acids is 1. The number of amides is 1. The molecule has 5 nitrogen and oxygen atoms in total. The Kier molecular flexibility index (Phi) is 5.09. The van der Waals surface area contributed by atoms with Crippen LogP contribution in [0.5, 0.6) is 0 Å². The molecule has 0 spiro atoms. The number of pyridine rings is 1. The molecule has 0 aliphatic heterocycles. The molecule has 0 unspecified atom stereocenters. The Bertz CT molecular complexity index is 423. The van der Waals surface area contributed by atoms with E-state index in [0.29, 0.717) is 23.0 Å². The Morgan fingerprint density at radius 1 is 1.53 bits per heavy atom. The number of hydrogen-bond donors (Lipinski definition) is 1. The fourth-order valence-corrected chi connectivity index (χ4v) is 1.82. The zero-order valence-electron chi connectivity index (χ0n) is 9.39. The summed E-state index contributed by atoms with van der Waals surface area (Å²) in [6, 6.07) is 1.57. The first kappa shape index (κ1) is 13.6. The van der Waals surface area contributed by atoms with Crippen molar-refractivity contribution in [2.24, 2.45) is 0 Å². The van der Waals surface area contributed by atoms with Gasteiger partial charge in [-0.2, -0.15) is 0 Å². The number of aliphatic carboxylic acids is 1. The van der Waals surface area contributed by atoms with Crippen molar-refractivity contribution in [3.05, 3.63) is 28.5 Å². The molecule has 0 aromatic carbocycles. The second-order valence-electron chi connectivity index (χ2n) is 3.48. The van der Waals surface area contributed by atoms with Gasteiger partial charge in [0.25, 0.3) is 5.91 Å². The highest BCUT2D eigenvalue weighted by molar-refractivity contribution is 9.10. The van der Waals surface area contributed by atoms with Gasteiger partial charge in [0, 0.05) is 23.4 Å². The van der Waals surface area contributed by atoms with E-state index >= 15 is 0 Å². The molecule has 1 amide bonds. The van der Waals surface area contributed by atoms with Gasteiger partial charge in [-0.1, -0.05) is 6.92 Å². The molecule has 1 rings (SSSR count). The molecule has 17 heavy (non-hydrogen) atoms. The molecular weight excluding hydrogens is 288 g/mol. The van der Waals surface area contributed by atoms with Crippen LogP contribution in [-0.2, 0) is 4.79 Å². The van der Waals surface area contributed by atoms with Crippen LogP contribution in [0.2, 0.25) is 0 Å². The summed E-state index contributed by atoms with van der Waals surface area (Å²) in [6.45, 7) is 2.02. The summed E-state index contributed by atoms with van der Waals surface area (Å²) in [4.78, 5) is 28.0. The first-order valence-electron chi connectivity index (χ1n) is 5.16. The molecule has 92 valence electrons. The van der Waals surface area contributed by atoms with Crippen LogP contribution in [0.3, 0.4) is 0 Å². The summed E-state index contributed by atoms with van der Waals surface area (Å²) in [5.74, 6) is -1.32. The fraction of sp³-hybridized carbons (Fsp3) is 0.364. The van der Waals surface area contributed by atoms with E-state index in [0.717, 1.165) is 0 Å². The second kappa shape index (κ2) is 6.34. The third-order valence-corrected chi connectivity index (χ3v) is 2.74. The summed E-state index contributed by atoms with van der Waals surface area (Å²) in [6.07, 6.45) is 3.72. The maximum absolute atomic E-state index is 12.1.